The summed E-state index contributed by atoms with van der Waals surface area (Å²) in [5.41, 5.74) is 0. The predicted octanol–water partition coefficient (Wildman–Crippen LogP) is 1.59. The quantitative estimate of drug-likeness (QED) is 0.754. The molecule has 0 radical (unpaired) electrons. The third-order valence-corrected chi connectivity index (χ3v) is 2.03. The lowest BCUT2D eigenvalue weighted by Gasteiger charge is -2.24. The van der Waals surface area contributed by atoms with Crippen LogP contribution < -0.4 is 0 Å². The molecule has 0 bridgehead atoms. The molecule has 1 atom stereocenters. The molecule has 0 fully saturated rings. The first kappa shape index (κ1) is 13.2. The maximum Gasteiger partial charge on any atom is 0.403 e. The van der Waals surface area contributed by atoms with Crippen LogP contribution in [0.2, 0.25) is 0 Å². The van der Waals surface area contributed by atoms with Crippen LogP contribution in [-0.4, -0.2) is 41.8 Å². The number of hydrogen-bond acceptors (Lipinski definition) is 2. The van der Waals surface area contributed by atoms with E-state index in [-0.39, 0.29) is 0 Å². The van der Waals surface area contributed by atoms with Crippen molar-refractivity contribution < 1.29 is 23.1 Å². The molecule has 0 aromatic heterocycles. The van der Waals surface area contributed by atoms with Gasteiger partial charge in [-0.05, 0) is 13.1 Å². The van der Waals surface area contributed by atoms with Crippen LogP contribution in [0.15, 0.2) is 0 Å². The van der Waals surface area contributed by atoms with Crippen LogP contribution in [0.1, 0.15) is 13.8 Å². The monoisotopic (exact) mass is 213 g/mol. The summed E-state index contributed by atoms with van der Waals surface area (Å²) in [6.45, 7) is 3.73. The van der Waals surface area contributed by atoms with Crippen LogP contribution in [0.4, 0.5) is 13.2 Å². The number of halogens is 3. The summed E-state index contributed by atoms with van der Waals surface area (Å²) < 4.78 is 36.6. The van der Waals surface area contributed by atoms with Gasteiger partial charge in [-0.3, -0.25) is 4.79 Å². The van der Waals surface area contributed by atoms with Crippen molar-refractivity contribution in [2.45, 2.75) is 20.0 Å². The molecule has 14 heavy (non-hydrogen) atoms. The molecule has 0 aromatic rings. The molecular formula is C8H14F3NO2. The van der Waals surface area contributed by atoms with E-state index in [0.717, 1.165) is 0 Å². The molecular weight excluding hydrogens is 199 g/mol. The topological polar surface area (TPSA) is 40.5 Å². The van der Waals surface area contributed by atoms with E-state index in [1.807, 2.05) is 0 Å². The van der Waals surface area contributed by atoms with Crippen molar-refractivity contribution in [3.63, 3.8) is 0 Å². The zero-order valence-electron chi connectivity index (χ0n) is 8.14. The SMILES string of the molecule is CCN(CC)CC(C(=O)O)C(F)(F)F. The lowest BCUT2D eigenvalue weighted by Crippen LogP contribution is -2.41. The summed E-state index contributed by atoms with van der Waals surface area (Å²) in [6, 6.07) is 0. The standard InChI is InChI=1S/C8H14F3NO2/c1-3-12(4-2)5-6(7(13)14)8(9,10)11/h6H,3-5H2,1-2H3,(H,13,14). The average Bonchev–Trinajstić information content (AvgIpc) is 2.03. The molecule has 0 aromatic carbocycles. The smallest absolute Gasteiger partial charge is 0.403 e. The average molecular weight is 213 g/mol. The lowest BCUT2D eigenvalue weighted by molar-refractivity contribution is -0.196. The summed E-state index contributed by atoms with van der Waals surface area (Å²) in [5, 5.41) is 8.40. The Bertz CT molecular complexity index is 190. The Kier molecular flexibility index (Phi) is 4.90. The van der Waals surface area contributed by atoms with Gasteiger partial charge < -0.3 is 10.0 Å². The van der Waals surface area contributed by atoms with Gasteiger partial charge >= 0.3 is 12.1 Å². The van der Waals surface area contributed by atoms with Crippen LogP contribution in [-0.2, 0) is 4.79 Å². The van der Waals surface area contributed by atoms with Crippen molar-refractivity contribution >= 4 is 5.97 Å². The summed E-state index contributed by atoms with van der Waals surface area (Å²) in [4.78, 5) is 11.8. The Morgan fingerprint density at radius 3 is 2.00 bits per heavy atom. The number of carboxylic acid groups (broad SMARTS) is 1. The third kappa shape index (κ3) is 3.95. The van der Waals surface area contributed by atoms with E-state index in [4.69, 9.17) is 5.11 Å². The highest BCUT2D eigenvalue weighted by molar-refractivity contribution is 5.71. The number of alkyl halides is 3. The molecule has 84 valence electrons. The van der Waals surface area contributed by atoms with E-state index in [1.54, 1.807) is 13.8 Å². The molecule has 1 N–H and O–H groups in total. The maximum absolute atomic E-state index is 12.2. The molecule has 1 unspecified atom stereocenters. The predicted molar refractivity (Wildman–Crippen MR) is 45.0 cm³/mol. The minimum Gasteiger partial charge on any atom is -0.481 e. The van der Waals surface area contributed by atoms with Crippen LogP contribution >= 0.6 is 0 Å². The van der Waals surface area contributed by atoms with Gasteiger partial charge in [0.1, 0.15) is 0 Å². The molecule has 6 heteroatoms. The van der Waals surface area contributed by atoms with E-state index in [2.05, 4.69) is 0 Å². The number of carboxylic acids is 1. The molecule has 3 nitrogen and oxygen atoms in total. The molecule has 0 rings (SSSR count). The van der Waals surface area contributed by atoms with Crippen molar-refractivity contribution in [2.24, 2.45) is 5.92 Å². The molecule has 0 saturated carbocycles. The Morgan fingerprint density at radius 2 is 1.79 bits per heavy atom. The van der Waals surface area contributed by atoms with Gasteiger partial charge in [-0.1, -0.05) is 13.8 Å². The van der Waals surface area contributed by atoms with Crippen molar-refractivity contribution in [3.8, 4) is 0 Å². The summed E-state index contributed by atoms with van der Waals surface area (Å²) in [5.74, 6) is -4.10. The van der Waals surface area contributed by atoms with Crippen LogP contribution in [0, 0.1) is 5.92 Å². The van der Waals surface area contributed by atoms with Gasteiger partial charge in [-0.25, -0.2) is 0 Å². The molecule has 0 aliphatic heterocycles. The fourth-order valence-electron chi connectivity index (χ4n) is 1.06. The van der Waals surface area contributed by atoms with Crippen molar-refractivity contribution in [1.82, 2.24) is 4.90 Å². The second kappa shape index (κ2) is 5.19. The maximum atomic E-state index is 12.2. The fourth-order valence-corrected chi connectivity index (χ4v) is 1.06. The summed E-state index contributed by atoms with van der Waals surface area (Å²) in [7, 11) is 0. The second-order valence-electron chi connectivity index (χ2n) is 2.92. The number of nitrogens with zero attached hydrogens (tertiary/aromatic N) is 1. The van der Waals surface area contributed by atoms with Gasteiger partial charge in [0.25, 0.3) is 0 Å². The summed E-state index contributed by atoms with van der Waals surface area (Å²) in [6.07, 6.45) is -4.67. The zero-order chi connectivity index (χ0) is 11.4. The highest BCUT2D eigenvalue weighted by Gasteiger charge is 2.45. The highest BCUT2D eigenvalue weighted by atomic mass is 19.4. The first-order chi connectivity index (χ1) is 6.32. The van der Waals surface area contributed by atoms with Gasteiger partial charge in [-0.15, -0.1) is 0 Å². The first-order valence-electron chi connectivity index (χ1n) is 4.34. The van der Waals surface area contributed by atoms with Gasteiger partial charge in [0.15, 0.2) is 5.92 Å². The van der Waals surface area contributed by atoms with E-state index in [0.29, 0.717) is 13.1 Å². The van der Waals surface area contributed by atoms with Crippen molar-refractivity contribution in [1.29, 1.82) is 0 Å². The number of aliphatic carboxylic acids is 1. The van der Waals surface area contributed by atoms with E-state index in [9.17, 15) is 18.0 Å². The number of rotatable bonds is 5. The Balaban J connectivity index is 4.45. The van der Waals surface area contributed by atoms with Gasteiger partial charge in [0.05, 0.1) is 0 Å². The molecule has 0 saturated heterocycles. The Labute approximate surface area is 80.5 Å². The second-order valence-corrected chi connectivity index (χ2v) is 2.92. The fraction of sp³-hybridized carbons (Fsp3) is 0.875. The summed E-state index contributed by atoms with van der Waals surface area (Å²) >= 11 is 0. The molecule has 0 aliphatic rings. The molecule has 0 aliphatic carbocycles. The van der Waals surface area contributed by atoms with E-state index < -0.39 is 24.6 Å². The van der Waals surface area contributed by atoms with E-state index in [1.165, 1.54) is 4.90 Å². The van der Waals surface area contributed by atoms with Gasteiger partial charge in [-0.2, -0.15) is 13.2 Å². The normalized spacial score (nSPS) is 14.4. The highest BCUT2D eigenvalue weighted by Crippen LogP contribution is 2.27. The number of carbonyl (C=O) groups is 1. The van der Waals surface area contributed by atoms with Crippen LogP contribution in [0.3, 0.4) is 0 Å². The molecule has 0 heterocycles. The van der Waals surface area contributed by atoms with Crippen LogP contribution in [0.5, 0.6) is 0 Å². The minimum atomic E-state index is -4.67. The molecule has 0 spiro atoms. The van der Waals surface area contributed by atoms with Gasteiger partial charge in [0.2, 0.25) is 0 Å². The lowest BCUT2D eigenvalue weighted by atomic mass is 10.1. The number of hydrogen-bond donors (Lipinski definition) is 1. The first-order valence-corrected chi connectivity index (χ1v) is 4.34. The van der Waals surface area contributed by atoms with Gasteiger partial charge in [0, 0.05) is 6.54 Å². The van der Waals surface area contributed by atoms with Crippen molar-refractivity contribution in [3.05, 3.63) is 0 Å². The zero-order valence-corrected chi connectivity index (χ0v) is 8.14. The van der Waals surface area contributed by atoms with Crippen molar-refractivity contribution in [2.75, 3.05) is 19.6 Å². The van der Waals surface area contributed by atoms with E-state index >= 15 is 0 Å². The third-order valence-electron chi connectivity index (χ3n) is 2.03. The minimum absolute atomic E-state index is 0.413. The van der Waals surface area contributed by atoms with Crippen LogP contribution in [0.25, 0.3) is 0 Å². The molecule has 0 amide bonds. The Morgan fingerprint density at radius 1 is 1.36 bits per heavy atom. The largest absolute Gasteiger partial charge is 0.481 e. The Hall–Kier alpha value is -0.780.